The smallest absolute Gasteiger partial charge is 0.230 e. The van der Waals surface area contributed by atoms with Gasteiger partial charge in [-0.05, 0) is 25.5 Å². The van der Waals surface area contributed by atoms with E-state index in [-0.39, 0.29) is 12.3 Å². The number of fused-ring (bicyclic) bond motifs is 1. The summed E-state index contributed by atoms with van der Waals surface area (Å²) in [7, 11) is 0. The number of hydrogen-bond acceptors (Lipinski definition) is 5. The highest BCUT2D eigenvalue weighted by molar-refractivity contribution is 7.15. The van der Waals surface area contributed by atoms with E-state index in [1.807, 2.05) is 32.0 Å². The number of benzene rings is 1. The van der Waals surface area contributed by atoms with Crippen molar-refractivity contribution < 1.29 is 9.21 Å². The van der Waals surface area contributed by atoms with Crippen LogP contribution in [-0.2, 0) is 17.6 Å². The molecule has 5 nitrogen and oxygen atoms in total. The first-order chi connectivity index (χ1) is 10.2. The third-order valence-corrected chi connectivity index (χ3v) is 4.16. The van der Waals surface area contributed by atoms with Crippen molar-refractivity contribution in [3.05, 3.63) is 40.6 Å². The van der Waals surface area contributed by atoms with Crippen molar-refractivity contribution in [2.75, 3.05) is 5.32 Å². The highest BCUT2D eigenvalue weighted by Gasteiger charge is 2.12. The van der Waals surface area contributed by atoms with E-state index < -0.39 is 0 Å². The second kappa shape index (κ2) is 5.65. The van der Waals surface area contributed by atoms with Gasteiger partial charge >= 0.3 is 0 Å². The summed E-state index contributed by atoms with van der Waals surface area (Å²) in [6.07, 6.45) is 2.72. The van der Waals surface area contributed by atoms with Crippen molar-refractivity contribution in [3.63, 3.8) is 0 Å². The number of carbonyl (C=O) groups is 1. The molecule has 0 aliphatic rings. The first-order valence-electron chi connectivity index (χ1n) is 6.74. The third kappa shape index (κ3) is 2.95. The minimum atomic E-state index is -0.113. The molecule has 1 aromatic carbocycles. The van der Waals surface area contributed by atoms with Gasteiger partial charge in [0.15, 0.2) is 0 Å². The summed E-state index contributed by atoms with van der Waals surface area (Å²) in [5.41, 5.74) is 2.82. The maximum atomic E-state index is 12.1. The van der Waals surface area contributed by atoms with Crippen molar-refractivity contribution in [2.24, 2.45) is 0 Å². The molecule has 0 spiro atoms. The molecule has 0 aliphatic heterocycles. The van der Waals surface area contributed by atoms with Crippen LogP contribution in [0.2, 0.25) is 0 Å². The molecule has 1 amide bonds. The Kier molecular flexibility index (Phi) is 3.70. The van der Waals surface area contributed by atoms with Crippen LogP contribution in [0.4, 0.5) is 5.13 Å². The van der Waals surface area contributed by atoms with Gasteiger partial charge < -0.3 is 9.73 Å². The summed E-state index contributed by atoms with van der Waals surface area (Å²) in [5.74, 6) is -0.113. The average molecular weight is 301 g/mol. The Morgan fingerprint density at radius 2 is 2.24 bits per heavy atom. The summed E-state index contributed by atoms with van der Waals surface area (Å²) in [5, 5.41) is 13.1. The molecule has 6 heteroatoms. The number of anilines is 1. The zero-order valence-electron chi connectivity index (χ0n) is 11.8. The van der Waals surface area contributed by atoms with Gasteiger partial charge in [0.2, 0.25) is 11.0 Å². The quantitative estimate of drug-likeness (QED) is 0.802. The number of furan rings is 1. The number of nitrogens with zero attached hydrogens (tertiary/aromatic N) is 2. The number of carbonyl (C=O) groups excluding carboxylic acids is 1. The van der Waals surface area contributed by atoms with E-state index in [0.29, 0.717) is 5.13 Å². The van der Waals surface area contributed by atoms with E-state index in [4.69, 9.17) is 4.42 Å². The van der Waals surface area contributed by atoms with Crippen molar-refractivity contribution >= 4 is 33.3 Å². The Bertz CT molecular complexity index is 791. The van der Waals surface area contributed by atoms with Crippen LogP contribution in [0.3, 0.4) is 0 Å². The Morgan fingerprint density at radius 1 is 1.38 bits per heavy atom. The molecule has 0 aliphatic carbocycles. The predicted molar refractivity (Wildman–Crippen MR) is 82.6 cm³/mol. The molecule has 2 aromatic heterocycles. The van der Waals surface area contributed by atoms with Crippen molar-refractivity contribution in [1.29, 1.82) is 0 Å². The SMILES string of the molecule is CCc1nnc(NC(=O)Cc2coc3ccc(C)cc23)s1. The molecule has 3 aromatic rings. The standard InChI is InChI=1S/C15H15N3O2S/c1-3-14-17-18-15(21-14)16-13(19)7-10-8-20-12-5-4-9(2)6-11(10)12/h4-6,8H,3,7H2,1-2H3,(H,16,18,19). The Balaban J connectivity index is 1.75. The molecule has 1 N–H and O–H groups in total. The second-order valence-electron chi connectivity index (χ2n) is 4.84. The van der Waals surface area contributed by atoms with Crippen LogP contribution in [0.25, 0.3) is 11.0 Å². The minimum absolute atomic E-state index is 0.113. The fourth-order valence-electron chi connectivity index (χ4n) is 2.12. The summed E-state index contributed by atoms with van der Waals surface area (Å²) in [6.45, 7) is 4.02. The summed E-state index contributed by atoms with van der Waals surface area (Å²) in [6, 6.07) is 5.94. The molecule has 0 saturated carbocycles. The van der Waals surface area contributed by atoms with Gasteiger partial charge in [0.1, 0.15) is 10.6 Å². The van der Waals surface area contributed by atoms with Crippen molar-refractivity contribution in [2.45, 2.75) is 26.7 Å². The van der Waals surface area contributed by atoms with Gasteiger partial charge in [-0.1, -0.05) is 29.9 Å². The molecular formula is C15H15N3O2S. The topological polar surface area (TPSA) is 68.0 Å². The van der Waals surface area contributed by atoms with Gasteiger partial charge in [-0.3, -0.25) is 4.79 Å². The molecule has 0 bridgehead atoms. The maximum absolute atomic E-state index is 12.1. The van der Waals surface area contributed by atoms with Gasteiger partial charge in [-0.25, -0.2) is 0 Å². The lowest BCUT2D eigenvalue weighted by Crippen LogP contribution is -2.14. The third-order valence-electron chi connectivity index (χ3n) is 3.18. The summed E-state index contributed by atoms with van der Waals surface area (Å²) >= 11 is 1.40. The largest absolute Gasteiger partial charge is 0.464 e. The van der Waals surface area contributed by atoms with E-state index in [2.05, 4.69) is 15.5 Å². The van der Waals surface area contributed by atoms with E-state index in [1.165, 1.54) is 11.3 Å². The molecule has 21 heavy (non-hydrogen) atoms. The molecule has 0 fully saturated rings. The first kappa shape index (κ1) is 13.8. The van der Waals surface area contributed by atoms with Gasteiger partial charge in [-0.2, -0.15) is 0 Å². The lowest BCUT2D eigenvalue weighted by atomic mass is 10.1. The fraction of sp³-hybridized carbons (Fsp3) is 0.267. The number of aromatic nitrogens is 2. The number of nitrogens with one attached hydrogen (secondary N) is 1. The number of hydrogen-bond donors (Lipinski definition) is 1. The molecule has 0 radical (unpaired) electrons. The Labute approximate surface area is 126 Å². The minimum Gasteiger partial charge on any atom is -0.464 e. The van der Waals surface area contributed by atoms with Crippen LogP contribution >= 0.6 is 11.3 Å². The monoisotopic (exact) mass is 301 g/mol. The molecule has 2 heterocycles. The van der Waals surface area contributed by atoms with Gasteiger partial charge in [0.05, 0.1) is 12.7 Å². The van der Waals surface area contributed by atoms with Crippen LogP contribution in [0.15, 0.2) is 28.9 Å². The number of rotatable bonds is 4. The van der Waals surface area contributed by atoms with Crippen LogP contribution in [0.5, 0.6) is 0 Å². The zero-order chi connectivity index (χ0) is 14.8. The average Bonchev–Trinajstić information content (AvgIpc) is 3.06. The van der Waals surface area contributed by atoms with E-state index in [0.717, 1.165) is 33.5 Å². The first-order valence-corrected chi connectivity index (χ1v) is 7.56. The van der Waals surface area contributed by atoms with Crippen LogP contribution in [0.1, 0.15) is 23.1 Å². The van der Waals surface area contributed by atoms with Crippen molar-refractivity contribution in [3.8, 4) is 0 Å². The number of amides is 1. The molecule has 0 atom stereocenters. The highest BCUT2D eigenvalue weighted by Crippen LogP contribution is 2.23. The second-order valence-corrected chi connectivity index (χ2v) is 5.90. The van der Waals surface area contributed by atoms with Gasteiger partial charge in [0, 0.05) is 10.9 Å². The normalized spacial score (nSPS) is 11.0. The van der Waals surface area contributed by atoms with Crippen LogP contribution in [-0.4, -0.2) is 16.1 Å². The van der Waals surface area contributed by atoms with Gasteiger partial charge in [0.25, 0.3) is 0 Å². The Hall–Kier alpha value is -2.21. The van der Waals surface area contributed by atoms with E-state index >= 15 is 0 Å². The molecule has 108 valence electrons. The predicted octanol–water partition coefficient (Wildman–Crippen LogP) is 3.34. The van der Waals surface area contributed by atoms with Gasteiger partial charge in [-0.15, -0.1) is 10.2 Å². The number of aryl methyl sites for hydroxylation is 2. The summed E-state index contributed by atoms with van der Waals surface area (Å²) in [4.78, 5) is 12.1. The molecule has 3 rings (SSSR count). The lowest BCUT2D eigenvalue weighted by Gasteiger charge is -2.00. The summed E-state index contributed by atoms with van der Waals surface area (Å²) < 4.78 is 5.47. The van der Waals surface area contributed by atoms with Crippen LogP contribution < -0.4 is 5.32 Å². The molecule has 0 unspecified atom stereocenters. The molecule has 0 saturated heterocycles. The highest BCUT2D eigenvalue weighted by atomic mass is 32.1. The van der Waals surface area contributed by atoms with E-state index in [1.54, 1.807) is 6.26 Å². The van der Waals surface area contributed by atoms with E-state index in [9.17, 15) is 4.79 Å². The van der Waals surface area contributed by atoms with Crippen LogP contribution in [0, 0.1) is 6.92 Å². The maximum Gasteiger partial charge on any atom is 0.230 e. The zero-order valence-corrected chi connectivity index (χ0v) is 12.7. The Morgan fingerprint density at radius 3 is 3.00 bits per heavy atom. The van der Waals surface area contributed by atoms with Crippen molar-refractivity contribution in [1.82, 2.24) is 10.2 Å². The fourth-order valence-corrected chi connectivity index (χ4v) is 2.81. The molecular weight excluding hydrogens is 286 g/mol. The lowest BCUT2D eigenvalue weighted by molar-refractivity contribution is -0.115.